The first kappa shape index (κ1) is 30.7. The molecule has 0 saturated carbocycles. The Balaban J connectivity index is 2.10. The summed E-state index contributed by atoms with van der Waals surface area (Å²) in [4.78, 5) is 28.7. The molecular formula is C31H39N3O5S. The third kappa shape index (κ3) is 7.63. The van der Waals surface area contributed by atoms with Gasteiger partial charge in [-0.3, -0.25) is 13.9 Å². The van der Waals surface area contributed by atoms with Crippen molar-refractivity contribution in [3.63, 3.8) is 0 Å². The molecule has 0 aliphatic rings. The van der Waals surface area contributed by atoms with Crippen LogP contribution in [0.1, 0.15) is 44.4 Å². The number of carbonyl (C=O) groups excluding carboxylic acids is 2. The summed E-state index contributed by atoms with van der Waals surface area (Å²) >= 11 is 0. The topological polar surface area (TPSA) is 96.0 Å². The lowest BCUT2D eigenvalue weighted by Crippen LogP contribution is -2.54. The Labute approximate surface area is 238 Å². The number of amides is 2. The zero-order chi connectivity index (χ0) is 29.7. The van der Waals surface area contributed by atoms with E-state index in [0.29, 0.717) is 5.75 Å². The fraction of sp³-hybridized carbons (Fsp3) is 0.355. The van der Waals surface area contributed by atoms with Gasteiger partial charge < -0.3 is 15.0 Å². The van der Waals surface area contributed by atoms with Crippen LogP contribution in [-0.4, -0.2) is 50.4 Å². The van der Waals surface area contributed by atoms with E-state index in [4.69, 9.17) is 4.74 Å². The molecule has 0 fully saturated rings. The van der Waals surface area contributed by atoms with Gasteiger partial charge in [-0.15, -0.1) is 0 Å². The monoisotopic (exact) mass is 565 g/mol. The standard InChI is InChI=1S/C31H39N3O5S/c1-22-13-16-26(17-14-22)40(37,38)34(27-19-23(2)15-18-28(27)39-7)21-29(35)33(20-25-11-9-8-10-12-25)24(3)30(36)32-31(4,5)6/h8-19,24H,20-21H2,1-7H3,(H,32,36)/t24-/m1/s1. The number of anilines is 1. The maximum absolute atomic E-state index is 14.1. The summed E-state index contributed by atoms with van der Waals surface area (Å²) < 4.78 is 34.7. The lowest BCUT2D eigenvalue weighted by Gasteiger charge is -2.33. The van der Waals surface area contributed by atoms with Gasteiger partial charge in [-0.1, -0.05) is 54.1 Å². The molecule has 9 heteroatoms. The van der Waals surface area contributed by atoms with Crippen LogP contribution in [0.15, 0.2) is 77.7 Å². The van der Waals surface area contributed by atoms with Crippen LogP contribution in [0.4, 0.5) is 5.69 Å². The Hall–Kier alpha value is -3.85. The van der Waals surface area contributed by atoms with E-state index in [1.807, 2.05) is 65.0 Å². The highest BCUT2D eigenvalue weighted by atomic mass is 32.2. The molecule has 8 nitrogen and oxygen atoms in total. The molecule has 0 aliphatic heterocycles. The van der Waals surface area contributed by atoms with Crippen LogP contribution in [-0.2, 0) is 26.2 Å². The molecule has 0 bridgehead atoms. The number of aryl methyl sites for hydroxylation is 2. The van der Waals surface area contributed by atoms with Crippen LogP contribution in [0.25, 0.3) is 0 Å². The zero-order valence-electron chi connectivity index (χ0n) is 24.3. The van der Waals surface area contributed by atoms with E-state index < -0.39 is 34.1 Å². The smallest absolute Gasteiger partial charge is 0.264 e. The normalized spacial score (nSPS) is 12.4. The van der Waals surface area contributed by atoms with Crippen LogP contribution in [0.2, 0.25) is 0 Å². The molecule has 3 rings (SSSR count). The second kappa shape index (κ2) is 12.6. The summed E-state index contributed by atoms with van der Waals surface area (Å²) in [5.74, 6) is -0.556. The van der Waals surface area contributed by atoms with Gasteiger partial charge in [0, 0.05) is 12.1 Å². The number of hydrogen-bond acceptors (Lipinski definition) is 5. The van der Waals surface area contributed by atoms with E-state index >= 15 is 0 Å². The Kier molecular flexibility index (Phi) is 9.63. The first-order valence-corrected chi connectivity index (χ1v) is 14.6. The predicted molar refractivity (Wildman–Crippen MR) is 158 cm³/mol. The molecule has 0 unspecified atom stereocenters. The number of benzene rings is 3. The summed E-state index contributed by atoms with van der Waals surface area (Å²) in [6.07, 6.45) is 0. The molecule has 0 saturated heterocycles. The highest BCUT2D eigenvalue weighted by molar-refractivity contribution is 7.92. The Morgan fingerprint density at radius 2 is 1.52 bits per heavy atom. The van der Waals surface area contributed by atoms with Gasteiger partial charge in [0.25, 0.3) is 10.0 Å². The number of methoxy groups -OCH3 is 1. The lowest BCUT2D eigenvalue weighted by atomic mass is 10.1. The molecule has 3 aromatic carbocycles. The first-order chi connectivity index (χ1) is 18.7. The molecule has 1 atom stereocenters. The zero-order valence-corrected chi connectivity index (χ0v) is 25.1. The highest BCUT2D eigenvalue weighted by Gasteiger charge is 2.34. The first-order valence-electron chi connectivity index (χ1n) is 13.1. The molecule has 0 radical (unpaired) electrons. The number of nitrogens with one attached hydrogen (secondary N) is 1. The minimum Gasteiger partial charge on any atom is -0.495 e. The predicted octanol–water partition coefficient (Wildman–Crippen LogP) is 4.84. The van der Waals surface area contributed by atoms with E-state index in [-0.39, 0.29) is 23.0 Å². The molecular weight excluding hydrogens is 526 g/mol. The number of hydrogen-bond donors (Lipinski definition) is 1. The van der Waals surface area contributed by atoms with Crippen LogP contribution < -0.4 is 14.4 Å². The number of nitrogens with zero attached hydrogens (tertiary/aromatic N) is 2. The molecule has 0 aromatic heterocycles. The number of ether oxygens (including phenoxy) is 1. The molecule has 3 aromatic rings. The van der Waals surface area contributed by atoms with E-state index in [1.54, 1.807) is 37.3 Å². The van der Waals surface area contributed by atoms with E-state index in [9.17, 15) is 18.0 Å². The van der Waals surface area contributed by atoms with Gasteiger partial charge in [-0.25, -0.2) is 8.42 Å². The van der Waals surface area contributed by atoms with Crippen molar-refractivity contribution in [1.82, 2.24) is 10.2 Å². The van der Waals surface area contributed by atoms with Crippen molar-refractivity contribution in [3.8, 4) is 5.75 Å². The summed E-state index contributed by atoms with van der Waals surface area (Å²) in [7, 11) is -2.74. The number of carbonyl (C=O) groups is 2. The van der Waals surface area contributed by atoms with Gasteiger partial charge in [-0.2, -0.15) is 0 Å². The SMILES string of the molecule is COc1ccc(C)cc1N(CC(=O)N(Cc1ccccc1)[C@H](C)C(=O)NC(C)(C)C)S(=O)(=O)c1ccc(C)cc1. The molecule has 0 spiro atoms. The molecule has 214 valence electrons. The fourth-order valence-electron chi connectivity index (χ4n) is 4.18. The minimum absolute atomic E-state index is 0.0441. The van der Waals surface area contributed by atoms with Gasteiger partial charge in [-0.05, 0) is 76.9 Å². The lowest BCUT2D eigenvalue weighted by molar-refractivity contribution is -0.140. The van der Waals surface area contributed by atoms with Crippen LogP contribution in [0.3, 0.4) is 0 Å². The molecule has 0 aliphatic carbocycles. The quantitative estimate of drug-likeness (QED) is 0.380. The Bertz CT molecular complexity index is 1430. The van der Waals surface area contributed by atoms with Crippen molar-refractivity contribution < 1.29 is 22.7 Å². The average molecular weight is 566 g/mol. The number of rotatable bonds is 10. The maximum Gasteiger partial charge on any atom is 0.264 e. The van der Waals surface area contributed by atoms with Gasteiger partial charge in [0.1, 0.15) is 18.3 Å². The maximum atomic E-state index is 14.1. The molecule has 2 amide bonds. The van der Waals surface area contributed by atoms with Crippen molar-refractivity contribution in [2.24, 2.45) is 0 Å². The van der Waals surface area contributed by atoms with Crippen LogP contribution >= 0.6 is 0 Å². The van der Waals surface area contributed by atoms with Crippen LogP contribution in [0, 0.1) is 13.8 Å². The third-order valence-electron chi connectivity index (χ3n) is 6.35. The van der Waals surface area contributed by atoms with Crippen molar-refractivity contribution >= 4 is 27.5 Å². The second-order valence-electron chi connectivity index (χ2n) is 10.9. The fourth-order valence-corrected chi connectivity index (χ4v) is 5.60. The average Bonchev–Trinajstić information content (AvgIpc) is 2.89. The third-order valence-corrected chi connectivity index (χ3v) is 8.13. The summed E-state index contributed by atoms with van der Waals surface area (Å²) in [5, 5.41) is 2.93. The van der Waals surface area contributed by atoms with Gasteiger partial charge in [0.15, 0.2) is 0 Å². The van der Waals surface area contributed by atoms with Crippen molar-refractivity contribution in [1.29, 1.82) is 0 Å². The van der Waals surface area contributed by atoms with Gasteiger partial charge in [0.2, 0.25) is 11.8 Å². The summed E-state index contributed by atoms with van der Waals surface area (Å²) in [6.45, 7) is 10.5. The molecule has 0 heterocycles. The van der Waals surface area contributed by atoms with Crippen LogP contribution in [0.5, 0.6) is 5.75 Å². The minimum atomic E-state index is -4.19. The number of sulfonamides is 1. The summed E-state index contributed by atoms with van der Waals surface area (Å²) in [6, 6.07) is 20.0. The Morgan fingerprint density at radius 3 is 2.10 bits per heavy atom. The molecule has 40 heavy (non-hydrogen) atoms. The van der Waals surface area contributed by atoms with Crippen molar-refractivity contribution in [3.05, 3.63) is 89.5 Å². The van der Waals surface area contributed by atoms with E-state index in [0.717, 1.165) is 21.0 Å². The van der Waals surface area contributed by atoms with Gasteiger partial charge in [0.05, 0.1) is 17.7 Å². The van der Waals surface area contributed by atoms with Crippen molar-refractivity contribution in [2.75, 3.05) is 18.0 Å². The second-order valence-corrected chi connectivity index (χ2v) is 12.8. The largest absolute Gasteiger partial charge is 0.495 e. The van der Waals surface area contributed by atoms with E-state index in [2.05, 4.69) is 5.32 Å². The highest BCUT2D eigenvalue weighted by Crippen LogP contribution is 2.34. The van der Waals surface area contributed by atoms with Crippen molar-refractivity contribution in [2.45, 2.75) is 64.6 Å². The van der Waals surface area contributed by atoms with Gasteiger partial charge >= 0.3 is 0 Å². The van der Waals surface area contributed by atoms with E-state index in [1.165, 1.54) is 24.1 Å². The molecule has 1 N–H and O–H groups in total. The summed E-state index contributed by atoms with van der Waals surface area (Å²) in [5.41, 5.74) is 2.24. The Morgan fingerprint density at radius 1 is 0.925 bits per heavy atom.